The van der Waals surface area contributed by atoms with Crippen molar-refractivity contribution in [3.8, 4) is 27.9 Å². The molecule has 1 aromatic heterocycles. The molecule has 2 nitrogen and oxygen atoms in total. The van der Waals surface area contributed by atoms with E-state index in [-0.39, 0.29) is 5.41 Å². The topological polar surface area (TPSA) is 8.17 Å². The molecule has 7 aromatic carbocycles. The number of hydrogen-bond donors (Lipinski definition) is 0. The third kappa shape index (κ3) is 5.01. The molecular formula is C49H42N2. The van der Waals surface area contributed by atoms with Gasteiger partial charge in [-0.25, -0.2) is 0 Å². The van der Waals surface area contributed by atoms with E-state index in [1.165, 1.54) is 83.1 Å². The van der Waals surface area contributed by atoms with Crippen molar-refractivity contribution in [1.29, 1.82) is 0 Å². The van der Waals surface area contributed by atoms with E-state index in [2.05, 4.69) is 197 Å². The van der Waals surface area contributed by atoms with Gasteiger partial charge in [0.25, 0.3) is 0 Å². The first-order valence-corrected chi connectivity index (χ1v) is 18.0. The van der Waals surface area contributed by atoms with E-state index in [9.17, 15) is 0 Å². The average Bonchev–Trinajstić information content (AvgIpc) is 3.57. The molecule has 0 saturated heterocycles. The summed E-state index contributed by atoms with van der Waals surface area (Å²) in [6.07, 6.45) is 0. The van der Waals surface area contributed by atoms with Crippen LogP contribution in [0, 0.1) is 27.7 Å². The minimum Gasteiger partial charge on any atom is -0.310 e. The number of nitrogens with zero attached hydrogens (tertiary/aromatic N) is 2. The zero-order valence-corrected chi connectivity index (χ0v) is 30.3. The molecule has 0 bridgehead atoms. The van der Waals surface area contributed by atoms with Crippen LogP contribution in [-0.4, -0.2) is 4.57 Å². The van der Waals surface area contributed by atoms with E-state index in [1.54, 1.807) is 0 Å². The summed E-state index contributed by atoms with van der Waals surface area (Å²) in [5.41, 5.74) is 20.1. The molecule has 2 heteroatoms. The first-order valence-electron chi connectivity index (χ1n) is 18.0. The van der Waals surface area contributed by atoms with Gasteiger partial charge in [0.2, 0.25) is 0 Å². The van der Waals surface area contributed by atoms with Crippen molar-refractivity contribution in [3.63, 3.8) is 0 Å². The van der Waals surface area contributed by atoms with Crippen LogP contribution in [0.25, 0.3) is 49.7 Å². The van der Waals surface area contributed by atoms with Crippen molar-refractivity contribution in [2.24, 2.45) is 0 Å². The Labute approximate surface area is 301 Å². The molecule has 0 atom stereocenters. The first-order chi connectivity index (χ1) is 24.7. The minimum atomic E-state index is -0.0242. The van der Waals surface area contributed by atoms with Crippen LogP contribution in [0.5, 0.6) is 0 Å². The third-order valence-corrected chi connectivity index (χ3v) is 11.1. The average molecular weight is 659 g/mol. The smallest absolute Gasteiger partial charge is 0.0541 e. The quantitative estimate of drug-likeness (QED) is 0.179. The third-order valence-electron chi connectivity index (χ3n) is 11.1. The Bertz CT molecular complexity index is 2630. The number of anilines is 3. The number of rotatable bonds is 5. The zero-order chi connectivity index (χ0) is 35.0. The van der Waals surface area contributed by atoms with Crippen LogP contribution >= 0.6 is 0 Å². The van der Waals surface area contributed by atoms with E-state index in [0.717, 1.165) is 17.1 Å². The van der Waals surface area contributed by atoms with Gasteiger partial charge >= 0.3 is 0 Å². The molecule has 0 unspecified atom stereocenters. The van der Waals surface area contributed by atoms with Crippen LogP contribution in [0.15, 0.2) is 146 Å². The molecule has 1 heterocycles. The summed E-state index contributed by atoms with van der Waals surface area (Å²) in [6.45, 7) is 13.4. The standard InChI is InChI=1S/C49H42N2/c1-31-11-17-36(18-12-31)50(39-22-24-46-42(30-39)41-9-7-8-10-45(41)49(46,5)6)38-21-23-40(34(4)28-38)35-16-26-48-44(29-35)43-27-33(3)15-25-47(43)51(48)37-19-13-32(2)14-20-37/h7-30H,1-6H3. The van der Waals surface area contributed by atoms with Gasteiger partial charge in [0.05, 0.1) is 11.0 Å². The molecule has 51 heavy (non-hydrogen) atoms. The largest absolute Gasteiger partial charge is 0.310 e. The van der Waals surface area contributed by atoms with Gasteiger partial charge in [-0.2, -0.15) is 0 Å². The Balaban J connectivity index is 1.17. The van der Waals surface area contributed by atoms with E-state index >= 15 is 0 Å². The molecule has 0 saturated carbocycles. The number of benzene rings is 7. The normalized spacial score (nSPS) is 13.1. The van der Waals surface area contributed by atoms with Crippen molar-refractivity contribution >= 4 is 38.9 Å². The molecule has 248 valence electrons. The van der Waals surface area contributed by atoms with Crippen LogP contribution < -0.4 is 4.90 Å². The molecule has 9 rings (SSSR count). The lowest BCUT2D eigenvalue weighted by atomic mass is 9.82. The fourth-order valence-electron chi connectivity index (χ4n) is 8.38. The highest BCUT2D eigenvalue weighted by Gasteiger charge is 2.35. The van der Waals surface area contributed by atoms with Crippen molar-refractivity contribution in [1.82, 2.24) is 4.57 Å². The second-order valence-corrected chi connectivity index (χ2v) is 15.0. The van der Waals surface area contributed by atoms with E-state index < -0.39 is 0 Å². The Morgan fingerprint density at radius 1 is 0.451 bits per heavy atom. The Morgan fingerprint density at radius 2 is 1.04 bits per heavy atom. The fraction of sp³-hybridized carbons (Fsp3) is 0.143. The van der Waals surface area contributed by atoms with Crippen LogP contribution in [0.4, 0.5) is 17.1 Å². The van der Waals surface area contributed by atoms with Crippen LogP contribution in [0.3, 0.4) is 0 Å². The maximum absolute atomic E-state index is 2.41. The van der Waals surface area contributed by atoms with Gasteiger partial charge in [-0.15, -0.1) is 0 Å². The molecule has 0 radical (unpaired) electrons. The van der Waals surface area contributed by atoms with Crippen LogP contribution in [0.1, 0.15) is 47.2 Å². The summed E-state index contributed by atoms with van der Waals surface area (Å²) < 4.78 is 2.40. The van der Waals surface area contributed by atoms with Crippen LogP contribution in [0.2, 0.25) is 0 Å². The summed E-state index contributed by atoms with van der Waals surface area (Å²) in [4.78, 5) is 2.41. The lowest BCUT2D eigenvalue weighted by molar-refractivity contribution is 0.660. The molecule has 1 aliphatic carbocycles. The Morgan fingerprint density at radius 3 is 1.78 bits per heavy atom. The number of hydrogen-bond acceptors (Lipinski definition) is 1. The van der Waals surface area contributed by atoms with E-state index in [4.69, 9.17) is 0 Å². The molecular weight excluding hydrogens is 617 g/mol. The lowest BCUT2D eigenvalue weighted by Crippen LogP contribution is -2.15. The highest BCUT2D eigenvalue weighted by atomic mass is 15.1. The van der Waals surface area contributed by atoms with Gasteiger partial charge in [0.15, 0.2) is 0 Å². The molecule has 0 fully saturated rings. The molecule has 1 aliphatic rings. The number of aromatic nitrogens is 1. The monoisotopic (exact) mass is 658 g/mol. The predicted molar refractivity (Wildman–Crippen MR) is 217 cm³/mol. The summed E-state index contributed by atoms with van der Waals surface area (Å²) in [7, 11) is 0. The highest BCUT2D eigenvalue weighted by Crippen LogP contribution is 2.50. The number of fused-ring (bicyclic) bond motifs is 6. The Hall–Kier alpha value is -5.86. The summed E-state index contributed by atoms with van der Waals surface area (Å²) in [6, 6.07) is 54.4. The fourth-order valence-corrected chi connectivity index (χ4v) is 8.38. The first kappa shape index (κ1) is 31.1. The second kappa shape index (κ2) is 11.6. The summed E-state index contributed by atoms with van der Waals surface area (Å²) in [5.74, 6) is 0. The lowest BCUT2D eigenvalue weighted by Gasteiger charge is -2.28. The van der Waals surface area contributed by atoms with E-state index in [1.807, 2.05) is 0 Å². The van der Waals surface area contributed by atoms with Crippen molar-refractivity contribution < 1.29 is 0 Å². The van der Waals surface area contributed by atoms with Gasteiger partial charge < -0.3 is 9.47 Å². The Kier molecular flexibility index (Phi) is 7.09. The van der Waals surface area contributed by atoms with Crippen molar-refractivity contribution in [2.45, 2.75) is 47.0 Å². The molecule has 0 spiro atoms. The highest BCUT2D eigenvalue weighted by molar-refractivity contribution is 6.10. The predicted octanol–water partition coefficient (Wildman–Crippen LogP) is 13.5. The van der Waals surface area contributed by atoms with Gasteiger partial charge in [-0.1, -0.05) is 103 Å². The number of aryl methyl sites for hydroxylation is 4. The van der Waals surface area contributed by atoms with Gasteiger partial charge in [-0.05, 0) is 139 Å². The maximum atomic E-state index is 2.41. The molecule has 0 aliphatic heterocycles. The second-order valence-electron chi connectivity index (χ2n) is 15.0. The minimum absolute atomic E-state index is 0.0242. The van der Waals surface area contributed by atoms with Gasteiger partial charge in [0.1, 0.15) is 0 Å². The molecule has 0 N–H and O–H groups in total. The SMILES string of the molecule is Cc1ccc(N(c2ccc(-c3ccc4c(c3)c3cc(C)ccc3n4-c3ccc(C)cc3)c(C)c2)c2ccc3c(c2)-c2ccccc2C3(C)C)cc1. The van der Waals surface area contributed by atoms with Gasteiger partial charge in [0, 0.05) is 38.9 Å². The summed E-state index contributed by atoms with van der Waals surface area (Å²) >= 11 is 0. The van der Waals surface area contributed by atoms with Crippen molar-refractivity contribution in [2.75, 3.05) is 4.90 Å². The maximum Gasteiger partial charge on any atom is 0.0541 e. The van der Waals surface area contributed by atoms with Crippen LogP contribution in [-0.2, 0) is 5.41 Å². The zero-order valence-electron chi connectivity index (χ0n) is 30.3. The molecule has 0 amide bonds. The molecule has 8 aromatic rings. The summed E-state index contributed by atoms with van der Waals surface area (Å²) in [5, 5.41) is 2.56. The van der Waals surface area contributed by atoms with E-state index in [0.29, 0.717) is 0 Å². The van der Waals surface area contributed by atoms with Crippen molar-refractivity contribution in [3.05, 3.63) is 179 Å². The van der Waals surface area contributed by atoms with Gasteiger partial charge in [-0.3, -0.25) is 0 Å².